The van der Waals surface area contributed by atoms with Crippen molar-refractivity contribution in [2.75, 3.05) is 31.1 Å². The first kappa shape index (κ1) is 20.4. The van der Waals surface area contributed by atoms with Crippen molar-refractivity contribution in [1.29, 1.82) is 0 Å². The lowest BCUT2D eigenvalue weighted by atomic mass is 10.1. The lowest BCUT2D eigenvalue weighted by Crippen LogP contribution is -2.50. The summed E-state index contributed by atoms with van der Waals surface area (Å²) in [5, 5.41) is 0. The van der Waals surface area contributed by atoms with Gasteiger partial charge >= 0.3 is 6.09 Å². The molecule has 164 valence electrons. The Kier molecular flexibility index (Phi) is 5.00. The van der Waals surface area contributed by atoms with Crippen molar-refractivity contribution >= 4 is 28.3 Å². The normalized spacial score (nSPS) is 14.8. The molecule has 1 saturated heterocycles. The van der Waals surface area contributed by atoms with Crippen molar-refractivity contribution in [3.63, 3.8) is 0 Å². The number of nitrogens with zero attached hydrogens (tertiary/aromatic N) is 4. The zero-order valence-corrected chi connectivity index (χ0v) is 18.8. The van der Waals surface area contributed by atoms with Gasteiger partial charge in [-0.25, -0.2) is 9.78 Å². The Hall–Kier alpha value is -3.54. The van der Waals surface area contributed by atoms with Crippen LogP contribution in [0.3, 0.4) is 0 Å². The summed E-state index contributed by atoms with van der Waals surface area (Å²) in [7, 11) is 0. The summed E-state index contributed by atoms with van der Waals surface area (Å²) < 4.78 is 7.70. The first-order valence-electron chi connectivity index (χ1n) is 11.1. The van der Waals surface area contributed by atoms with Crippen molar-refractivity contribution in [1.82, 2.24) is 14.3 Å². The van der Waals surface area contributed by atoms with Crippen molar-refractivity contribution in [2.24, 2.45) is 0 Å². The minimum absolute atomic E-state index is 0.230. The molecule has 2 aromatic carbocycles. The van der Waals surface area contributed by atoms with Crippen molar-refractivity contribution < 1.29 is 9.53 Å². The van der Waals surface area contributed by atoms with Crippen molar-refractivity contribution in [3.05, 3.63) is 66.9 Å². The summed E-state index contributed by atoms with van der Waals surface area (Å²) in [6.45, 7) is 8.59. The number of piperazine rings is 1. The van der Waals surface area contributed by atoms with Gasteiger partial charge in [0, 0.05) is 43.6 Å². The maximum Gasteiger partial charge on any atom is 0.410 e. The molecule has 32 heavy (non-hydrogen) atoms. The molecule has 0 saturated carbocycles. The first-order valence-corrected chi connectivity index (χ1v) is 11.1. The van der Waals surface area contributed by atoms with Crippen LogP contribution in [0, 0.1) is 0 Å². The number of benzene rings is 2. The minimum atomic E-state index is -0.466. The Balaban J connectivity index is 1.34. The molecule has 2 aromatic heterocycles. The van der Waals surface area contributed by atoms with Crippen LogP contribution < -0.4 is 4.90 Å². The van der Waals surface area contributed by atoms with E-state index in [1.165, 1.54) is 0 Å². The van der Waals surface area contributed by atoms with E-state index in [1.54, 1.807) is 4.90 Å². The number of anilines is 1. The largest absolute Gasteiger partial charge is 0.444 e. The highest BCUT2D eigenvalue weighted by atomic mass is 16.6. The lowest BCUT2D eigenvalue weighted by molar-refractivity contribution is 0.0240. The fourth-order valence-corrected chi connectivity index (χ4v) is 4.24. The smallest absolute Gasteiger partial charge is 0.410 e. The van der Waals surface area contributed by atoms with E-state index in [0.717, 1.165) is 46.6 Å². The lowest BCUT2D eigenvalue weighted by Gasteiger charge is -2.36. The monoisotopic (exact) mass is 428 g/mol. The van der Waals surface area contributed by atoms with Gasteiger partial charge < -0.3 is 18.9 Å². The number of hydrogen-bond acceptors (Lipinski definition) is 4. The maximum absolute atomic E-state index is 12.3. The molecule has 1 fully saturated rings. The van der Waals surface area contributed by atoms with Crippen LogP contribution in [-0.2, 0) is 4.74 Å². The number of carbonyl (C=O) groups is 1. The number of rotatable bonds is 2. The molecule has 6 heteroatoms. The van der Waals surface area contributed by atoms with Gasteiger partial charge in [0.1, 0.15) is 5.60 Å². The Morgan fingerprint density at radius 1 is 0.875 bits per heavy atom. The molecular formula is C26H28N4O2. The third kappa shape index (κ3) is 3.88. The highest BCUT2D eigenvalue weighted by Crippen LogP contribution is 2.29. The molecule has 0 spiro atoms. The number of para-hydroxylation sites is 2. The number of fused-ring (bicyclic) bond motifs is 3. The van der Waals surface area contributed by atoms with Gasteiger partial charge in [0.2, 0.25) is 0 Å². The van der Waals surface area contributed by atoms with Gasteiger partial charge in [0.15, 0.2) is 0 Å². The third-order valence-corrected chi connectivity index (χ3v) is 5.80. The minimum Gasteiger partial charge on any atom is -0.444 e. The van der Waals surface area contributed by atoms with E-state index in [0.29, 0.717) is 13.1 Å². The first-order chi connectivity index (χ1) is 15.4. The molecule has 1 aliphatic heterocycles. The molecule has 1 amide bonds. The molecular weight excluding hydrogens is 400 g/mol. The second-order valence-electron chi connectivity index (χ2n) is 9.21. The second-order valence-corrected chi connectivity index (χ2v) is 9.21. The molecule has 4 aromatic rings. The molecule has 0 bridgehead atoms. The van der Waals surface area contributed by atoms with Gasteiger partial charge in [0.25, 0.3) is 0 Å². The van der Waals surface area contributed by atoms with Crippen LogP contribution in [0.15, 0.2) is 66.9 Å². The van der Waals surface area contributed by atoms with Crippen LogP contribution in [0.5, 0.6) is 0 Å². The summed E-state index contributed by atoms with van der Waals surface area (Å²) in [6, 6.07) is 21.0. The fourth-order valence-electron chi connectivity index (χ4n) is 4.24. The SMILES string of the molecule is CC(C)(C)OC(=O)N1CCN(c2ccc(-c3nc4ccccc4n4cccc34)cc2)CC1. The summed E-state index contributed by atoms with van der Waals surface area (Å²) in [6.07, 6.45) is 1.85. The number of amides is 1. The molecule has 3 heterocycles. The van der Waals surface area contributed by atoms with E-state index in [-0.39, 0.29) is 6.09 Å². The van der Waals surface area contributed by atoms with Gasteiger partial charge in [0.05, 0.1) is 22.2 Å². The average molecular weight is 429 g/mol. The van der Waals surface area contributed by atoms with Crippen LogP contribution in [-0.4, -0.2) is 52.2 Å². The number of hydrogen-bond donors (Lipinski definition) is 0. The number of ether oxygens (including phenoxy) is 1. The molecule has 0 unspecified atom stereocenters. The van der Waals surface area contributed by atoms with E-state index >= 15 is 0 Å². The summed E-state index contributed by atoms with van der Waals surface area (Å²) >= 11 is 0. The molecule has 0 N–H and O–H groups in total. The van der Waals surface area contributed by atoms with Crippen LogP contribution in [0.25, 0.3) is 27.8 Å². The van der Waals surface area contributed by atoms with Gasteiger partial charge in [-0.1, -0.05) is 24.3 Å². The Morgan fingerprint density at radius 3 is 2.28 bits per heavy atom. The average Bonchev–Trinajstić information content (AvgIpc) is 3.28. The predicted molar refractivity (Wildman–Crippen MR) is 128 cm³/mol. The molecule has 0 radical (unpaired) electrons. The van der Waals surface area contributed by atoms with Crippen molar-refractivity contribution in [3.8, 4) is 11.3 Å². The van der Waals surface area contributed by atoms with Crippen LogP contribution in [0.1, 0.15) is 20.8 Å². The van der Waals surface area contributed by atoms with Gasteiger partial charge in [-0.15, -0.1) is 0 Å². The van der Waals surface area contributed by atoms with Gasteiger partial charge in [-0.2, -0.15) is 0 Å². The van der Waals surface area contributed by atoms with E-state index in [2.05, 4.69) is 64.0 Å². The van der Waals surface area contributed by atoms with Gasteiger partial charge in [-0.3, -0.25) is 0 Å². The maximum atomic E-state index is 12.3. The summed E-state index contributed by atoms with van der Waals surface area (Å²) in [4.78, 5) is 21.4. The second kappa shape index (κ2) is 7.86. The zero-order valence-electron chi connectivity index (χ0n) is 18.8. The summed E-state index contributed by atoms with van der Waals surface area (Å²) in [5.74, 6) is 0. The highest BCUT2D eigenvalue weighted by molar-refractivity contribution is 5.87. The zero-order chi connectivity index (χ0) is 22.3. The standard InChI is InChI=1S/C26H28N4O2/c1-26(2,3)32-25(31)29-17-15-28(16-18-29)20-12-10-19(11-13-20)24-23-9-6-14-30(23)22-8-5-4-7-21(22)27-24/h4-14H,15-18H2,1-3H3. The quantitative estimate of drug-likeness (QED) is 0.440. The molecule has 1 aliphatic rings. The van der Waals surface area contributed by atoms with E-state index in [9.17, 15) is 4.79 Å². The third-order valence-electron chi connectivity index (χ3n) is 5.80. The molecule has 5 rings (SSSR count). The Labute approximate surface area is 188 Å². The fraction of sp³-hybridized carbons (Fsp3) is 0.308. The number of aromatic nitrogens is 2. The van der Waals surface area contributed by atoms with Crippen LogP contribution >= 0.6 is 0 Å². The Morgan fingerprint density at radius 2 is 1.56 bits per heavy atom. The van der Waals surface area contributed by atoms with Crippen molar-refractivity contribution in [2.45, 2.75) is 26.4 Å². The van der Waals surface area contributed by atoms with Crippen LogP contribution in [0.4, 0.5) is 10.5 Å². The highest BCUT2D eigenvalue weighted by Gasteiger charge is 2.26. The van der Waals surface area contributed by atoms with Crippen LogP contribution in [0.2, 0.25) is 0 Å². The van der Waals surface area contributed by atoms with E-state index < -0.39 is 5.60 Å². The summed E-state index contributed by atoms with van der Waals surface area (Å²) in [5.41, 5.74) is 5.95. The van der Waals surface area contributed by atoms with Gasteiger partial charge in [-0.05, 0) is 57.2 Å². The Bertz CT molecular complexity index is 1260. The number of carbonyl (C=O) groups excluding carboxylic acids is 1. The molecule has 0 aliphatic carbocycles. The molecule has 0 atom stereocenters. The van der Waals surface area contributed by atoms with E-state index in [1.807, 2.05) is 32.9 Å². The predicted octanol–water partition coefficient (Wildman–Crippen LogP) is 5.21. The van der Waals surface area contributed by atoms with E-state index in [4.69, 9.17) is 9.72 Å². The molecule has 6 nitrogen and oxygen atoms in total. The topological polar surface area (TPSA) is 50.1 Å².